The zero-order chi connectivity index (χ0) is 21.4. The summed E-state index contributed by atoms with van der Waals surface area (Å²) in [4.78, 5) is 24.0. The van der Waals surface area contributed by atoms with E-state index in [0.717, 1.165) is 11.3 Å². The Morgan fingerprint density at radius 2 is 1.72 bits per heavy atom. The lowest BCUT2D eigenvalue weighted by Crippen LogP contribution is -2.35. The minimum atomic E-state index is -0.430. The first kappa shape index (κ1) is 22.0. The van der Waals surface area contributed by atoms with E-state index in [1.54, 1.807) is 36.4 Å². The number of carbonyl (C=O) groups is 2. The molecule has 0 saturated carbocycles. The SMILES string of the molecule is Cc1cc(Oc2ccc(C#N)cc2)ccc1NC(=O)CCCNC(=O)C(C)(C)C. The van der Waals surface area contributed by atoms with Gasteiger partial charge in [0.15, 0.2) is 0 Å². The Balaban J connectivity index is 1.84. The van der Waals surface area contributed by atoms with Gasteiger partial charge in [-0.2, -0.15) is 5.26 Å². The fourth-order valence-corrected chi connectivity index (χ4v) is 2.50. The van der Waals surface area contributed by atoms with E-state index in [0.29, 0.717) is 36.4 Å². The summed E-state index contributed by atoms with van der Waals surface area (Å²) < 4.78 is 5.79. The summed E-state index contributed by atoms with van der Waals surface area (Å²) >= 11 is 0. The summed E-state index contributed by atoms with van der Waals surface area (Å²) in [6.07, 6.45) is 0.903. The summed E-state index contributed by atoms with van der Waals surface area (Å²) in [7, 11) is 0. The van der Waals surface area contributed by atoms with Gasteiger partial charge in [-0.3, -0.25) is 9.59 Å². The van der Waals surface area contributed by atoms with Crippen molar-refractivity contribution in [2.75, 3.05) is 11.9 Å². The van der Waals surface area contributed by atoms with Crippen LogP contribution in [0.1, 0.15) is 44.7 Å². The molecule has 2 aromatic rings. The average molecular weight is 393 g/mol. The maximum Gasteiger partial charge on any atom is 0.225 e. The van der Waals surface area contributed by atoms with E-state index in [2.05, 4.69) is 16.7 Å². The minimum absolute atomic E-state index is 0.0217. The normalized spacial score (nSPS) is 10.7. The number of amides is 2. The predicted octanol–water partition coefficient (Wildman–Crippen LogP) is 4.54. The quantitative estimate of drug-likeness (QED) is 0.676. The van der Waals surface area contributed by atoms with Gasteiger partial charge in [0.25, 0.3) is 0 Å². The van der Waals surface area contributed by atoms with Gasteiger partial charge < -0.3 is 15.4 Å². The van der Waals surface area contributed by atoms with Crippen LogP contribution in [0.5, 0.6) is 11.5 Å². The molecular formula is C23H27N3O3. The molecule has 2 aromatic carbocycles. The second kappa shape index (κ2) is 9.74. The van der Waals surface area contributed by atoms with E-state index in [4.69, 9.17) is 10.00 Å². The lowest BCUT2D eigenvalue weighted by atomic mass is 9.96. The minimum Gasteiger partial charge on any atom is -0.457 e. The second-order valence-electron chi connectivity index (χ2n) is 7.87. The molecule has 6 heteroatoms. The van der Waals surface area contributed by atoms with Crippen LogP contribution in [-0.2, 0) is 9.59 Å². The van der Waals surface area contributed by atoms with E-state index in [1.165, 1.54) is 0 Å². The number of hydrogen-bond acceptors (Lipinski definition) is 4. The van der Waals surface area contributed by atoms with Crippen molar-refractivity contribution in [3.8, 4) is 17.6 Å². The molecular weight excluding hydrogens is 366 g/mol. The predicted molar refractivity (Wildman–Crippen MR) is 113 cm³/mol. The molecule has 152 valence electrons. The maximum atomic E-state index is 12.2. The molecule has 0 atom stereocenters. The molecule has 0 bridgehead atoms. The second-order valence-corrected chi connectivity index (χ2v) is 7.87. The smallest absolute Gasteiger partial charge is 0.225 e. The van der Waals surface area contributed by atoms with Crippen LogP contribution in [0, 0.1) is 23.7 Å². The highest BCUT2D eigenvalue weighted by atomic mass is 16.5. The van der Waals surface area contributed by atoms with Gasteiger partial charge in [-0.25, -0.2) is 0 Å². The highest BCUT2D eigenvalue weighted by Crippen LogP contribution is 2.26. The molecule has 0 aliphatic heterocycles. The van der Waals surface area contributed by atoms with Crippen LogP contribution >= 0.6 is 0 Å². The number of ether oxygens (including phenoxy) is 1. The van der Waals surface area contributed by atoms with Crippen LogP contribution in [0.25, 0.3) is 0 Å². The Kier molecular flexibility index (Phi) is 7.38. The maximum absolute atomic E-state index is 12.2. The zero-order valence-corrected chi connectivity index (χ0v) is 17.3. The molecule has 0 radical (unpaired) electrons. The number of nitriles is 1. The van der Waals surface area contributed by atoms with Gasteiger partial charge in [-0.1, -0.05) is 20.8 Å². The Hall–Kier alpha value is -3.33. The van der Waals surface area contributed by atoms with Crippen molar-refractivity contribution in [3.63, 3.8) is 0 Å². The topological polar surface area (TPSA) is 91.2 Å². The number of anilines is 1. The fraction of sp³-hybridized carbons (Fsp3) is 0.348. The molecule has 0 aliphatic rings. The van der Waals surface area contributed by atoms with E-state index < -0.39 is 5.41 Å². The van der Waals surface area contributed by atoms with Crippen LogP contribution in [-0.4, -0.2) is 18.4 Å². The number of hydrogen-bond donors (Lipinski definition) is 2. The highest BCUT2D eigenvalue weighted by molar-refractivity contribution is 5.91. The van der Waals surface area contributed by atoms with Crippen molar-refractivity contribution < 1.29 is 14.3 Å². The van der Waals surface area contributed by atoms with Crippen LogP contribution in [0.3, 0.4) is 0 Å². The summed E-state index contributed by atoms with van der Waals surface area (Å²) in [5, 5.41) is 14.6. The number of benzene rings is 2. The standard InChI is InChI=1S/C23H27N3O3/c1-16-14-19(29-18-9-7-17(15-24)8-10-18)11-12-20(16)26-21(27)6-5-13-25-22(28)23(2,3)4/h7-12,14H,5-6,13H2,1-4H3,(H,25,28)(H,26,27). The summed E-state index contributed by atoms with van der Waals surface area (Å²) in [6, 6.07) is 14.4. The Morgan fingerprint density at radius 1 is 1.07 bits per heavy atom. The number of nitrogens with zero attached hydrogens (tertiary/aromatic N) is 1. The summed E-state index contributed by atoms with van der Waals surface area (Å²) in [6.45, 7) is 7.93. The van der Waals surface area contributed by atoms with Gasteiger partial charge in [0.2, 0.25) is 11.8 Å². The number of nitrogens with one attached hydrogen (secondary N) is 2. The lowest BCUT2D eigenvalue weighted by Gasteiger charge is -2.17. The molecule has 0 saturated heterocycles. The number of carbonyl (C=O) groups excluding carboxylic acids is 2. The Bertz CT molecular complexity index is 906. The molecule has 0 spiro atoms. The zero-order valence-electron chi connectivity index (χ0n) is 17.3. The monoisotopic (exact) mass is 393 g/mol. The van der Waals surface area contributed by atoms with Crippen LogP contribution in [0.4, 0.5) is 5.69 Å². The molecule has 2 N–H and O–H groups in total. The Morgan fingerprint density at radius 3 is 2.31 bits per heavy atom. The van der Waals surface area contributed by atoms with Gasteiger partial charge in [-0.15, -0.1) is 0 Å². The molecule has 29 heavy (non-hydrogen) atoms. The van der Waals surface area contributed by atoms with Gasteiger partial charge in [0.05, 0.1) is 11.6 Å². The van der Waals surface area contributed by atoms with Gasteiger partial charge in [-0.05, 0) is 61.4 Å². The van der Waals surface area contributed by atoms with Crippen molar-refractivity contribution in [2.45, 2.75) is 40.5 Å². The van der Waals surface area contributed by atoms with Crippen molar-refractivity contribution in [2.24, 2.45) is 5.41 Å². The van der Waals surface area contributed by atoms with Gasteiger partial charge in [0, 0.05) is 24.1 Å². The molecule has 2 amide bonds. The van der Waals surface area contributed by atoms with Crippen molar-refractivity contribution >= 4 is 17.5 Å². The molecule has 0 unspecified atom stereocenters. The number of rotatable bonds is 7. The summed E-state index contributed by atoms with van der Waals surface area (Å²) in [5.41, 5.74) is 1.75. The van der Waals surface area contributed by atoms with Crippen LogP contribution in [0.15, 0.2) is 42.5 Å². The van der Waals surface area contributed by atoms with E-state index in [-0.39, 0.29) is 11.8 Å². The molecule has 0 aliphatic carbocycles. The molecule has 0 fully saturated rings. The van der Waals surface area contributed by atoms with Gasteiger partial charge in [0.1, 0.15) is 11.5 Å². The lowest BCUT2D eigenvalue weighted by molar-refractivity contribution is -0.128. The first-order valence-corrected chi connectivity index (χ1v) is 9.56. The van der Waals surface area contributed by atoms with Crippen LogP contribution < -0.4 is 15.4 Å². The first-order valence-electron chi connectivity index (χ1n) is 9.56. The fourth-order valence-electron chi connectivity index (χ4n) is 2.50. The molecule has 2 rings (SSSR count). The van der Waals surface area contributed by atoms with E-state index in [9.17, 15) is 9.59 Å². The Labute approximate surface area is 171 Å². The average Bonchev–Trinajstić information content (AvgIpc) is 2.67. The van der Waals surface area contributed by atoms with Crippen molar-refractivity contribution in [3.05, 3.63) is 53.6 Å². The van der Waals surface area contributed by atoms with E-state index >= 15 is 0 Å². The summed E-state index contributed by atoms with van der Waals surface area (Å²) in [5.74, 6) is 1.16. The third kappa shape index (κ3) is 6.96. The van der Waals surface area contributed by atoms with E-state index in [1.807, 2.05) is 33.8 Å². The first-order chi connectivity index (χ1) is 13.7. The van der Waals surface area contributed by atoms with Crippen molar-refractivity contribution in [1.29, 1.82) is 5.26 Å². The molecule has 0 heterocycles. The molecule has 0 aromatic heterocycles. The number of aryl methyl sites for hydroxylation is 1. The van der Waals surface area contributed by atoms with Gasteiger partial charge >= 0.3 is 0 Å². The van der Waals surface area contributed by atoms with Crippen LogP contribution in [0.2, 0.25) is 0 Å². The third-order valence-electron chi connectivity index (χ3n) is 4.24. The third-order valence-corrected chi connectivity index (χ3v) is 4.24. The highest BCUT2D eigenvalue weighted by Gasteiger charge is 2.20. The van der Waals surface area contributed by atoms with Crippen molar-refractivity contribution in [1.82, 2.24) is 5.32 Å². The molecule has 6 nitrogen and oxygen atoms in total. The largest absolute Gasteiger partial charge is 0.457 e.